The maximum atomic E-state index is 12.1. The van der Waals surface area contributed by atoms with Gasteiger partial charge in [-0.3, -0.25) is 4.79 Å². The van der Waals surface area contributed by atoms with Crippen molar-refractivity contribution >= 4 is 21.8 Å². The Balaban J connectivity index is 1.57. The zero-order valence-corrected chi connectivity index (χ0v) is 11.9. The van der Waals surface area contributed by atoms with Crippen LogP contribution in [0.25, 0.3) is 0 Å². The minimum absolute atomic E-state index is 0.0580. The summed E-state index contributed by atoms with van der Waals surface area (Å²) in [5, 5.41) is 3.11. The summed E-state index contributed by atoms with van der Waals surface area (Å²) in [6.07, 6.45) is 5.48. The van der Waals surface area contributed by atoms with Crippen LogP contribution < -0.4 is 5.32 Å². The fourth-order valence-corrected chi connectivity index (χ4v) is 3.11. The fraction of sp³-hybridized carbons (Fsp3) is 0.533. The van der Waals surface area contributed by atoms with E-state index in [9.17, 15) is 4.79 Å². The molecular formula is C15H18BrNO. The third-order valence-electron chi connectivity index (χ3n) is 4.04. The largest absolute Gasteiger partial charge is 0.352 e. The molecule has 0 spiro atoms. The third-order valence-corrected chi connectivity index (χ3v) is 4.53. The predicted molar refractivity (Wildman–Crippen MR) is 75.4 cm³/mol. The van der Waals surface area contributed by atoms with E-state index in [2.05, 4.69) is 21.2 Å². The Labute approximate surface area is 116 Å². The summed E-state index contributed by atoms with van der Waals surface area (Å²) in [4.78, 5) is 12.1. The van der Waals surface area contributed by atoms with Gasteiger partial charge in [0.05, 0.1) is 0 Å². The van der Waals surface area contributed by atoms with Crippen LogP contribution in [-0.2, 0) is 0 Å². The molecule has 2 saturated carbocycles. The summed E-state index contributed by atoms with van der Waals surface area (Å²) in [6, 6.07) is 7.58. The molecular weight excluding hydrogens is 290 g/mol. The van der Waals surface area contributed by atoms with E-state index in [1.807, 2.05) is 24.3 Å². The van der Waals surface area contributed by atoms with Crippen LogP contribution in [0, 0.1) is 17.8 Å². The Hall–Kier alpha value is -0.830. The highest BCUT2D eigenvalue weighted by Crippen LogP contribution is 2.48. The first-order valence-corrected chi connectivity index (χ1v) is 7.57. The highest BCUT2D eigenvalue weighted by atomic mass is 79.9. The Bertz CT molecular complexity index is 440. The topological polar surface area (TPSA) is 29.1 Å². The van der Waals surface area contributed by atoms with Gasteiger partial charge < -0.3 is 5.32 Å². The summed E-state index contributed by atoms with van der Waals surface area (Å²) >= 11 is 3.40. The molecule has 0 radical (unpaired) electrons. The quantitative estimate of drug-likeness (QED) is 0.884. The van der Waals surface area contributed by atoms with E-state index in [-0.39, 0.29) is 5.91 Å². The van der Waals surface area contributed by atoms with Crippen molar-refractivity contribution < 1.29 is 4.79 Å². The first-order valence-electron chi connectivity index (χ1n) is 6.78. The zero-order valence-electron chi connectivity index (χ0n) is 10.4. The molecule has 0 saturated heterocycles. The SMILES string of the molecule is O=C(NCC(C1CC1)C1CC1)c1cccc(Br)c1. The normalized spacial score (nSPS) is 19.0. The lowest BCUT2D eigenvalue weighted by molar-refractivity contribution is 0.0943. The van der Waals surface area contributed by atoms with Crippen LogP contribution in [0.5, 0.6) is 0 Å². The number of benzene rings is 1. The van der Waals surface area contributed by atoms with Gasteiger partial charge in [0.2, 0.25) is 0 Å². The van der Waals surface area contributed by atoms with Gasteiger partial charge in [-0.15, -0.1) is 0 Å². The number of rotatable bonds is 5. The number of halogens is 1. The van der Waals surface area contributed by atoms with Crippen molar-refractivity contribution in [2.75, 3.05) is 6.54 Å². The Morgan fingerprint density at radius 1 is 1.28 bits per heavy atom. The molecule has 18 heavy (non-hydrogen) atoms. The first kappa shape index (κ1) is 12.2. The number of hydrogen-bond donors (Lipinski definition) is 1. The molecule has 1 amide bonds. The van der Waals surface area contributed by atoms with Crippen LogP contribution in [0.15, 0.2) is 28.7 Å². The standard InChI is InChI=1S/C15H18BrNO/c16-13-3-1-2-12(8-13)15(18)17-9-14(10-4-5-10)11-6-7-11/h1-3,8,10-11,14H,4-7,9H2,(H,17,18). The highest BCUT2D eigenvalue weighted by molar-refractivity contribution is 9.10. The Kier molecular flexibility index (Phi) is 3.42. The monoisotopic (exact) mass is 307 g/mol. The van der Waals surface area contributed by atoms with E-state index >= 15 is 0 Å². The average Bonchev–Trinajstić information content (AvgIpc) is 3.23. The lowest BCUT2D eigenvalue weighted by atomic mass is 9.98. The van der Waals surface area contributed by atoms with Crippen molar-refractivity contribution in [2.45, 2.75) is 25.7 Å². The second kappa shape index (κ2) is 5.04. The fourth-order valence-electron chi connectivity index (χ4n) is 2.71. The second-order valence-electron chi connectivity index (χ2n) is 5.56. The lowest BCUT2D eigenvalue weighted by Crippen LogP contribution is -2.31. The minimum atomic E-state index is 0.0580. The molecule has 2 aliphatic carbocycles. The lowest BCUT2D eigenvalue weighted by Gasteiger charge is -2.16. The van der Waals surface area contributed by atoms with E-state index < -0.39 is 0 Å². The number of carbonyl (C=O) groups excluding carboxylic acids is 1. The van der Waals surface area contributed by atoms with Gasteiger partial charge in [-0.2, -0.15) is 0 Å². The van der Waals surface area contributed by atoms with E-state index in [1.165, 1.54) is 25.7 Å². The first-order chi connectivity index (χ1) is 8.74. The molecule has 2 fully saturated rings. The molecule has 0 bridgehead atoms. The van der Waals surface area contributed by atoms with Crippen LogP contribution >= 0.6 is 15.9 Å². The van der Waals surface area contributed by atoms with E-state index in [4.69, 9.17) is 0 Å². The van der Waals surface area contributed by atoms with Gasteiger partial charge in [0, 0.05) is 16.6 Å². The van der Waals surface area contributed by atoms with E-state index in [0.717, 1.165) is 34.3 Å². The number of amides is 1. The van der Waals surface area contributed by atoms with Crippen molar-refractivity contribution in [1.82, 2.24) is 5.32 Å². The molecule has 2 aliphatic rings. The summed E-state index contributed by atoms with van der Waals surface area (Å²) in [5.41, 5.74) is 0.745. The van der Waals surface area contributed by atoms with Crippen LogP contribution in [-0.4, -0.2) is 12.5 Å². The molecule has 1 aromatic carbocycles. The smallest absolute Gasteiger partial charge is 0.251 e. The third kappa shape index (κ3) is 2.94. The molecule has 1 N–H and O–H groups in total. The van der Waals surface area contributed by atoms with Crippen molar-refractivity contribution in [3.63, 3.8) is 0 Å². The van der Waals surface area contributed by atoms with Crippen LogP contribution in [0.1, 0.15) is 36.0 Å². The summed E-state index contributed by atoms with van der Waals surface area (Å²) in [5.74, 6) is 2.57. The van der Waals surface area contributed by atoms with Crippen molar-refractivity contribution in [1.29, 1.82) is 0 Å². The van der Waals surface area contributed by atoms with Crippen molar-refractivity contribution in [3.8, 4) is 0 Å². The molecule has 0 aromatic heterocycles. The van der Waals surface area contributed by atoms with Gasteiger partial charge in [-0.25, -0.2) is 0 Å². The molecule has 3 rings (SSSR count). The highest BCUT2D eigenvalue weighted by Gasteiger charge is 2.41. The van der Waals surface area contributed by atoms with Gasteiger partial charge >= 0.3 is 0 Å². The number of nitrogens with one attached hydrogen (secondary N) is 1. The van der Waals surface area contributed by atoms with Gasteiger partial charge in [-0.05, 0) is 61.6 Å². The Morgan fingerprint density at radius 2 is 1.94 bits per heavy atom. The molecule has 0 aliphatic heterocycles. The Morgan fingerprint density at radius 3 is 2.50 bits per heavy atom. The number of carbonyl (C=O) groups is 1. The van der Waals surface area contributed by atoms with Crippen molar-refractivity contribution in [2.24, 2.45) is 17.8 Å². The summed E-state index contributed by atoms with van der Waals surface area (Å²) < 4.78 is 0.955. The van der Waals surface area contributed by atoms with Gasteiger partial charge in [0.25, 0.3) is 5.91 Å². The molecule has 0 heterocycles. The zero-order chi connectivity index (χ0) is 12.5. The van der Waals surface area contributed by atoms with Crippen LogP contribution in [0.2, 0.25) is 0 Å². The summed E-state index contributed by atoms with van der Waals surface area (Å²) in [6.45, 7) is 0.862. The molecule has 0 atom stereocenters. The molecule has 3 heteroatoms. The average molecular weight is 308 g/mol. The molecule has 0 unspecified atom stereocenters. The number of hydrogen-bond acceptors (Lipinski definition) is 1. The molecule has 2 nitrogen and oxygen atoms in total. The van der Waals surface area contributed by atoms with Crippen LogP contribution in [0.3, 0.4) is 0 Å². The maximum absolute atomic E-state index is 12.1. The van der Waals surface area contributed by atoms with E-state index in [1.54, 1.807) is 0 Å². The van der Waals surface area contributed by atoms with Gasteiger partial charge in [0.1, 0.15) is 0 Å². The van der Waals surface area contributed by atoms with Crippen LogP contribution in [0.4, 0.5) is 0 Å². The molecule has 96 valence electrons. The maximum Gasteiger partial charge on any atom is 0.251 e. The predicted octanol–water partition coefficient (Wildman–Crippen LogP) is 3.62. The van der Waals surface area contributed by atoms with Gasteiger partial charge in [0.15, 0.2) is 0 Å². The minimum Gasteiger partial charge on any atom is -0.352 e. The van der Waals surface area contributed by atoms with Crippen molar-refractivity contribution in [3.05, 3.63) is 34.3 Å². The molecule has 1 aromatic rings. The van der Waals surface area contributed by atoms with E-state index in [0.29, 0.717) is 0 Å². The summed E-state index contributed by atoms with van der Waals surface area (Å²) in [7, 11) is 0. The second-order valence-corrected chi connectivity index (χ2v) is 6.47. The van der Waals surface area contributed by atoms with Gasteiger partial charge in [-0.1, -0.05) is 22.0 Å².